The van der Waals surface area contributed by atoms with E-state index in [1.807, 2.05) is 12.1 Å². The number of thiocarbonyl (C=S) groups is 1. The van der Waals surface area contributed by atoms with Crippen LogP contribution in [0.1, 0.15) is 18.4 Å². The van der Waals surface area contributed by atoms with Gasteiger partial charge in [-0.05, 0) is 43.3 Å². The van der Waals surface area contributed by atoms with Crippen molar-refractivity contribution >= 4 is 17.3 Å². The third kappa shape index (κ3) is 4.26. The molecule has 1 saturated heterocycles. The SMILES string of the molecule is COc1ccc(OC)c(C[NH+]2CCN(C(=S)NC3CC3)CC2)c1. The summed E-state index contributed by atoms with van der Waals surface area (Å²) in [6.07, 6.45) is 2.53. The maximum absolute atomic E-state index is 5.50. The molecule has 1 heterocycles. The van der Waals surface area contributed by atoms with Crippen molar-refractivity contribution in [2.75, 3.05) is 40.4 Å². The molecule has 0 atom stereocenters. The number of methoxy groups -OCH3 is 2. The van der Waals surface area contributed by atoms with Crippen molar-refractivity contribution in [2.24, 2.45) is 0 Å². The lowest BCUT2D eigenvalue weighted by Crippen LogP contribution is -3.13. The largest absolute Gasteiger partial charge is 0.497 e. The number of rotatable bonds is 5. The summed E-state index contributed by atoms with van der Waals surface area (Å²) in [5, 5.41) is 4.37. The normalized spacial score (nSPS) is 18.6. The van der Waals surface area contributed by atoms with Crippen LogP contribution >= 0.6 is 12.2 Å². The third-order valence-electron chi connectivity index (χ3n) is 4.59. The van der Waals surface area contributed by atoms with Gasteiger partial charge in [0.05, 0.1) is 46.0 Å². The number of hydrogen-bond donors (Lipinski definition) is 2. The minimum atomic E-state index is 0.633. The number of quaternary nitrogens is 1. The van der Waals surface area contributed by atoms with Crippen LogP contribution in [0.5, 0.6) is 11.5 Å². The van der Waals surface area contributed by atoms with Gasteiger partial charge in [-0.2, -0.15) is 0 Å². The zero-order valence-electron chi connectivity index (χ0n) is 13.9. The van der Waals surface area contributed by atoms with Gasteiger partial charge in [-0.1, -0.05) is 0 Å². The first-order valence-electron chi connectivity index (χ1n) is 8.29. The number of nitrogens with zero attached hydrogens (tertiary/aromatic N) is 1. The quantitative estimate of drug-likeness (QED) is 0.764. The Morgan fingerprint density at radius 2 is 2.00 bits per heavy atom. The van der Waals surface area contributed by atoms with E-state index in [2.05, 4.69) is 16.3 Å². The van der Waals surface area contributed by atoms with Crippen LogP contribution in [0, 0.1) is 0 Å². The van der Waals surface area contributed by atoms with Gasteiger partial charge in [-0.15, -0.1) is 0 Å². The Morgan fingerprint density at radius 1 is 1.26 bits per heavy atom. The van der Waals surface area contributed by atoms with Crippen LogP contribution < -0.4 is 19.7 Å². The Morgan fingerprint density at radius 3 is 2.61 bits per heavy atom. The van der Waals surface area contributed by atoms with Crippen molar-refractivity contribution in [2.45, 2.75) is 25.4 Å². The van der Waals surface area contributed by atoms with Crippen LogP contribution in [0.4, 0.5) is 0 Å². The first-order chi connectivity index (χ1) is 11.2. The van der Waals surface area contributed by atoms with E-state index in [-0.39, 0.29) is 0 Å². The fourth-order valence-corrected chi connectivity index (χ4v) is 3.34. The molecule has 0 unspecified atom stereocenters. The molecule has 2 N–H and O–H groups in total. The van der Waals surface area contributed by atoms with Gasteiger partial charge < -0.3 is 24.6 Å². The van der Waals surface area contributed by atoms with E-state index in [1.165, 1.54) is 18.4 Å². The van der Waals surface area contributed by atoms with Crippen LogP contribution in [-0.2, 0) is 6.54 Å². The molecule has 1 aliphatic carbocycles. The number of ether oxygens (including phenoxy) is 2. The fraction of sp³-hybridized carbons (Fsp3) is 0.588. The summed E-state index contributed by atoms with van der Waals surface area (Å²) in [5.41, 5.74) is 1.20. The highest BCUT2D eigenvalue weighted by atomic mass is 32.1. The summed E-state index contributed by atoms with van der Waals surface area (Å²) in [5.74, 6) is 1.82. The Kier molecular flexibility index (Phi) is 5.23. The Hall–Kier alpha value is -1.53. The number of piperazine rings is 1. The monoisotopic (exact) mass is 336 g/mol. The van der Waals surface area contributed by atoms with Crippen LogP contribution in [0.25, 0.3) is 0 Å². The molecule has 2 fully saturated rings. The van der Waals surface area contributed by atoms with Gasteiger partial charge in [-0.25, -0.2) is 0 Å². The molecule has 0 radical (unpaired) electrons. The summed E-state index contributed by atoms with van der Waals surface area (Å²) in [4.78, 5) is 3.86. The zero-order valence-corrected chi connectivity index (χ0v) is 14.7. The summed E-state index contributed by atoms with van der Waals surface area (Å²) in [6.45, 7) is 5.16. The van der Waals surface area contributed by atoms with Gasteiger partial charge in [0.15, 0.2) is 5.11 Å². The van der Waals surface area contributed by atoms with E-state index in [9.17, 15) is 0 Å². The van der Waals surface area contributed by atoms with Crippen LogP contribution in [0.2, 0.25) is 0 Å². The summed E-state index contributed by atoms with van der Waals surface area (Å²) < 4.78 is 10.8. The highest BCUT2D eigenvalue weighted by Gasteiger charge is 2.27. The molecule has 6 heteroatoms. The molecular formula is C17H26N3O2S+. The molecular weight excluding hydrogens is 310 g/mol. The van der Waals surface area contributed by atoms with Crippen LogP contribution in [-0.4, -0.2) is 56.5 Å². The predicted molar refractivity (Wildman–Crippen MR) is 94.3 cm³/mol. The molecule has 5 nitrogen and oxygen atoms in total. The fourth-order valence-electron chi connectivity index (χ4n) is 2.99. The third-order valence-corrected chi connectivity index (χ3v) is 4.97. The first kappa shape index (κ1) is 16.3. The van der Waals surface area contributed by atoms with Crippen LogP contribution in [0.3, 0.4) is 0 Å². The van der Waals surface area contributed by atoms with Gasteiger partial charge in [-0.3, -0.25) is 0 Å². The van der Waals surface area contributed by atoms with Gasteiger partial charge >= 0.3 is 0 Å². The molecule has 126 valence electrons. The van der Waals surface area contributed by atoms with Crippen molar-refractivity contribution in [1.29, 1.82) is 0 Å². The lowest BCUT2D eigenvalue weighted by molar-refractivity contribution is -0.917. The zero-order chi connectivity index (χ0) is 16.2. The van der Waals surface area contributed by atoms with Crippen molar-refractivity contribution in [3.63, 3.8) is 0 Å². The van der Waals surface area contributed by atoms with Gasteiger partial charge in [0.1, 0.15) is 18.0 Å². The molecule has 1 aromatic rings. The molecule has 0 aromatic heterocycles. The highest BCUT2D eigenvalue weighted by Crippen LogP contribution is 2.23. The average Bonchev–Trinajstić information content (AvgIpc) is 3.39. The minimum absolute atomic E-state index is 0.633. The number of hydrogen-bond acceptors (Lipinski definition) is 3. The standard InChI is InChI=1S/C17H25N3O2S/c1-21-15-5-6-16(22-2)13(11-15)12-19-7-9-20(10-8-19)17(23)18-14-3-4-14/h5-6,11,14H,3-4,7-10,12H2,1-2H3,(H,18,23)/p+1. The van der Waals surface area contributed by atoms with Crippen molar-refractivity contribution < 1.29 is 14.4 Å². The molecule has 23 heavy (non-hydrogen) atoms. The second kappa shape index (κ2) is 7.36. The highest BCUT2D eigenvalue weighted by molar-refractivity contribution is 7.80. The molecule has 1 saturated carbocycles. The smallest absolute Gasteiger partial charge is 0.169 e. The lowest BCUT2D eigenvalue weighted by Gasteiger charge is -2.34. The van der Waals surface area contributed by atoms with E-state index >= 15 is 0 Å². The van der Waals surface area contributed by atoms with Gasteiger partial charge in [0.25, 0.3) is 0 Å². The van der Waals surface area contributed by atoms with E-state index in [0.29, 0.717) is 6.04 Å². The van der Waals surface area contributed by atoms with E-state index in [0.717, 1.165) is 49.3 Å². The maximum atomic E-state index is 5.50. The van der Waals surface area contributed by atoms with Crippen molar-refractivity contribution in [3.05, 3.63) is 23.8 Å². The molecule has 1 aliphatic heterocycles. The summed E-state index contributed by atoms with van der Waals surface area (Å²) >= 11 is 5.50. The first-order valence-corrected chi connectivity index (χ1v) is 8.70. The van der Waals surface area contributed by atoms with Crippen LogP contribution in [0.15, 0.2) is 18.2 Å². The second-order valence-corrected chi connectivity index (χ2v) is 6.70. The van der Waals surface area contributed by atoms with E-state index in [1.54, 1.807) is 19.1 Å². The lowest BCUT2D eigenvalue weighted by atomic mass is 10.1. The maximum Gasteiger partial charge on any atom is 0.169 e. The summed E-state index contributed by atoms with van der Waals surface area (Å²) in [6, 6.07) is 6.64. The Balaban J connectivity index is 1.54. The molecule has 0 spiro atoms. The topological polar surface area (TPSA) is 38.2 Å². The van der Waals surface area contributed by atoms with Gasteiger partial charge in [0, 0.05) is 6.04 Å². The van der Waals surface area contributed by atoms with Gasteiger partial charge in [0.2, 0.25) is 0 Å². The minimum Gasteiger partial charge on any atom is -0.497 e. The molecule has 2 aliphatic rings. The molecule has 1 aromatic carbocycles. The molecule has 0 amide bonds. The summed E-state index contributed by atoms with van der Waals surface area (Å²) in [7, 11) is 3.42. The molecule has 3 rings (SSSR count). The van der Waals surface area contributed by atoms with Crippen molar-refractivity contribution in [3.8, 4) is 11.5 Å². The molecule has 0 bridgehead atoms. The van der Waals surface area contributed by atoms with E-state index < -0.39 is 0 Å². The van der Waals surface area contributed by atoms with Crippen molar-refractivity contribution in [1.82, 2.24) is 10.2 Å². The Bertz CT molecular complexity index is 555. The predicted octanol–water partition coefficient (Wildman–Crippen LogP) is 0.441. The average molecular weight is 336 g/mol. The van der Waals surface area contributed by atoms with E-state index in [4.69, 9.17) is 21.7 Å². The number of benzene rings is 1. The number of nitrogens with one attached hydrogen (secondary N) is 2. The second-order valence-electron chi connectivity index (χ2n) is 6.32. The Labute approximate surface area is 143 Å².